The summed E-state index contributed by atoms with van der Waals surface area (Å²) in [7, 11) is 1.64. The number of carbonyl (C=O) groups excluding carboxylic acids is 1. The summed E-state index contributed by atoms with van der Waals surface area (Å²) >= 11 is 3.89. The van der Waals surface area contributed by atoms with E-state index in [1.807, 2.05) is 30.3 Å². The standard InChI is InChI=1S/C21H22INO3S/c1-3-10-26-18-9-5-14(11-19(18)25-2)4-7-16(24)13-21-23-17-8-6-15(22)12-20(17)27-21/h5-6,8-9,11-12H,3-4,7,10,13H2,1-2H3. The number of rotatable bonds is 9. The first-order valence-electron chi connectivity index (χ1n) is 8.95. The lowest BCUT2D eigenvalue weighted by molar-refractivity contribution is -0.118. The van der Waals surface area contributed by atoms with E-state index in [9.17, 15) is 4.79 Å². The van der Waals surface area contributed by atoms with E-state index in [0.717, 1.165) is 33.0 Å². The smallest absolute Gasteiger partial charge is 0.161 e. The predicted molar refractivity (Wildman–Crippen MR) is 118 cm³/mol. The number of Topliss-reactive ketones (excluding diaryl/α,β-unsaturated/α-hetero) is 1. The molecule has 142 valence electrons. The van der Waals surface area contributed by atoms with Gasteiger partial charge in [0.25, 0.3) is 0 Å². The van der Waals surface area contributed by atoms with Gasteiger partial charge in [-0.2, -0.15) is 0 Å². The van der Waals surface area contributed by atoms with Gasteiger partial charge in [0.05, 0.1) is 30.4 Å². The second kappa shape index (κ2) is 9.50. The summed E-state index contributed by atoms with van der Waals surface area (Å²) in [6.45, 7) is 2.73. The number of aromatic nitrogens is 1. The summed E-state index contributed by atoms with van der Waals surface area (Å²) < 4.78 is 13.4. The highest BCUT2D eigenvalue weighted by Gasteiger charge is 2.11. The van der Waals surface area contributed by atoms with E-state index in [-0.39, 0.29) is 5.78 Å². The van der Waals surface area contributed by atoms with Crippen molar-refractivity contribution in [3.63, 3.8) is 0 Å². The summed E-state index contributed by atoms with van der Waals surface area (Å²) in [5.74, 6) is 1.67. The Labute approximate surface area is 177 Å². The highest BCUT2D eigenvalue weighted by molar-refractivity contribution is 14.1. The Hall–Kier alpha value is -1.67. The number of benzene rings is 2. The van der Waals surface area contributed by atoms with E-state index < -0.39 is 0 Å². The van der Waals surface area contributed by atoms with Crippen molar-refractivity contribution >= 4 is 49.9 Å². The van der Waals surface area contributed by atoms with Crippen molar-refractivity contribution in [2.75, 3.05) is 13.7 Å². The van der Waals surface area contributed by atoms with Crippen LogP contribution in [0.3, 0.4) is 0 Å². The fourth-order valence-electron chi connectivity index (χ4n) is 2.76. The summed E-state index contributed by atoms with van der Waals surface area (Å²) in [6.07, 6.45) is 2.52. The number of methoxy groups -OCH3 is 1. The van der Waals surface area contributed by atoms with Gasteiger partial charge in [-0.1, -0.05) is 13.0 Å². The van der Waals surface area contributed by atoms with E-state index in [4.69, 9.17) is 9.47 Å². The van der Waals surface area contributed by atoms with Crippen LogP contribution in [0.25, 0.3) is 10.2 Å². The number of aryl methyl sites for hydroxylation is 1. The van der Waals surface area contributed by atoms with Crippen LogP contribution in [0.4, 0.5) is 0 Å². The van der Waals surface area contributed by atoms with Crippen molar-refractivity contribution in [2.45, 2.75) is 32.6 Å². The van der Waals surface area contributed by atoms with Crippen LogP contribution in [0.5, 0.6) is 11.5 Å². The molecule has 0 saturated heterocycles. The van der Waals surface area contributed by atoms with Gasteiger partial charge in [0.2, 0.25) is 0 Å². The third-order valence-corrected chi connectivity index (χ3v) is 5.81. The van der Waals surface area contributed by atoms with Crippen LogP contribution in [-0.4, -0.2) is 24.5 Å². The minimum atomic E-state index is 0.203. The summed E-state index contributed by atoms with van der Waals surface area (Å²) in [5, 5.41) is 0.887. The first-order chi connectivity index (χ1) is 13.1. The Morgan fingerprint density at radius 3 is 2.81 bits per heavy atom. The minimum Gasteiger partial charge on any atom is -0.493 e. The molecule has 6 heteroatoms. The number of hydrogen-bond acceptors (Lipinski definition) is 5. The average Bonchev–Trinajstić information content (AvgIpc) is 3.06. The number of ether oxygens (including phenoxy) is 2. The molecule has 0 fully saturated rings. The van der Waals surface area contributed by atoms with Gasteiger partial charge >= 0.3 is 0 Å². The molecule has 4 nitrogen and oxygen atoms in total. The Morgan fingerprint density at radius 2 is 2.04 bits per heavy atom. The first kappa shape index (κ1) is 20.1. The molecular weight excluding hydrogens is 473 g/mol. The van der Waals surface area contributed by atoms with Gasteiger partial charge in [-0.05, 0) is 71.3 Å². The molecule has 3 aromatic rings. The fourth-order valence-corrected chi connectivity index (χ4v) is 4.50. The molecule has 0 spiro atoms. The van der Waals surface area contributed by atoms with Crippen LogP contribution in [0.2, 0.25) is 0 Å². The van der Waals surface area contributed by atoms with Gasteiger partial charge in [-0.25, -0.2) is 4.98 Å². The molecule has 0 aliphatic heterocycles. The monoisotopic (exact) mass is 495 g/mol. The number of fused-ring (bicyclic) bond motifs is 1. The molecule has 1 heterocycles. The highest BCUT2D eigenvalue weighted by atomic mass is 127. The molecule has 0 atom stereocenters. The third-order valence-electron chi connectivity index (χ3n) is 4.13. The number of hydrogen-bond donors (Lipinski definition) is 0. The molecule has 0 radical (unpaired) electrons. The van der Waals surface area contributed by atoms with E-state index in [1.54, 1.807) is 18.4 Å². The fraction of sp³-hybridized carbons (Fsp3) is 0.333. The lowest BCUT2D eigenvalue weighted by Gasteiger charge is -2.11. The summed E-state index contributed by atoms with van der Waals surface area (Å²) in [4.78, 5) is 17.0. The maximum absolute atomic E-state index is 12.4. The minimum absolute atomic E-state index is 0.203. The van der Waals surface area contributed by atoms with E-state index in [0.29, 0.717) is 31.6 Å². The predicted octanol–water partition coefficient (Wildman–Crippen LogP) is 5.44. The van der Waals surface area contributed by atoms with Crippen molar-refractivity contribution < 1.29 is 14.3 Å². The third kappa shape index (κ3) is 5.42. The molecule has 0 unspecified atom stereocenters. The molecule has 0 amide bonds. The first-order valence-corrected chi connectivity index (χ1v) is 10.8. The van der Waals surface area contributed by atoms with Crippen molar-refractivity contribution in [3.8, 4) is 11.5 Å². The zero-order chi connectivity index (χ0) is 19.2. The van der Waals surface area contributed by atoms with Crippen molar-refractivity contribution in [2.24, 2.45) is 0 Å². The molecule has 27 heavy (non-hydrogen) atoms. The van der Waals surface area contributed by atoms with Gasteiger partial charge in [-0.3, -0.25) is 4.79 Å². The quantitative estimate of drug-likeness (QED) is 0.371. The van der Waals surface area contributed by atoms with Crippen molar-refractivity contribution in [1.82, 2.24) is 4.98 Å². The van der Waals surface area contributed by atoms with Gasteiger partial charge in [0.15, 0.2) is 11.5 Å². The van der Waals surface area contributed by atoms with Crippen molar-refractivity contribution in [1.29, 1.82) is 0 Å². The molecule has 1 aromatic heterocycles. The topological polar surface area (TPSA) is 48.4 Å². The molecular formula is C21H22INO3S. The van der Waals surface area contributed by atoms with E-state index in [2.05, 4.69) is 40.6 Å². The highest BCUT2D eigenvalue weighted by Crippen LogP contribution is 2.29. The van der Waals surface area contributed by atoms with E-state index >= 15 is 0 Å². The van der Waals surface area contributed by atoms with Crippen molar-refractivity contribution in [3.05, 3.63) is 50.5 Å². The van der Waals surface area contributed by atoms with Gasteiger partial charge in [0, 0.05) is 9.99 Å². The Kier molecular flexibility index (Phi) is 7.07. The maximum atomic E-state index is 12.4. The zero-order valence-electron chi connectivity index (χ0n) is 15.5. The van der Waals surface area contributed by atoms with Crippen LogP contribution in [0.15, 0.2) is 36.4 Å². The number of thiazole rings is 1. The summed E-state index contributed by atoms with van der Waals surface area (Å²) in [5.41, 5.74) is 2.04. The molecule has 0 aliphatic rings. The second-order valence-corrected chi connectivity index (χ2v) is 8.63. The van der Waals surface area contributed by atoms with E-state index in [1.165, 1.54) is 3.57 Å². The number of halogens is 1. The molecule has 2 aromatic carbocycles. The van der Waals surface area contributed by atoms with Crippen LogP contribution >= 0.6 is 33.9 Å². The molecule has 0 saturated carbocycles. The summed E-state index contributed by atoms with van der Waals surface area (Å²) in [6, 6.07) is 12.0. The molecule has 0 aliphatic carbocycles. The molecule has 3 rings (SSSR count). The lowest BCUT2D eigenvalue weighted by Crippen LogP contribution is -2.04. The lowest BCUT2D eigenvalue weighted by atomic mass is 10.1. The van der Waals surface area contributed by atoms with Crippen LogP contribution in [-0.2, 0) is 17.6 Å². The van der Waals surface area contributed by atoms with Gasteiger partial charge in [-0.15, -0.1) is 11.3 Å². The number of nitrogens with zero attached hydrogens (tertiary/aromatic N) is 1. The SMILES string of the molecule is CCCOc1ccc(CCC(=O)Cc2nc3ccc(I)cc3s2)cc1OC. The van der Waals surface area contributed by atoms with Gasteiger partial charge in [0.1, 0.15) is 10.8 Å². The second-order valence-electron chi connectivity index (χ2n) is 6.27. The zero-order valence-corrected chi connectivity index (χ0v) is 18.4. The number of carbonyl (C=O) groups is 1. The Balaban J connectivity index is 1.59. The Morgan fingerprint density at radius 1 is 1.19 bits per heavy atom. The maximum Gasteiger partial charge on any atom is 0.161 e. The van der Waals surface area contributed by atoms with Crippen LogP contribution < -0.4 is 9.47 Å². The van der Waals surface area contributed by atoms with Crippen LogP contribution in [0, 0.1) is 3.57 Å². The normalized spacial score (nSPS) is 10.9. The van der Waals surface area contributed by atoms with Crippen LogP contribution in [0.1, 0.15) is 30.3 Å². The largest absolute Gasteiger partial charge is 0.493 e. The average molecular weight is 495 g/mol. The Bertz CT molecular complexity index is 938. The number of ketones is 1. The molecule has 0 N–H and O–H groups in total. The van der Waals surface area contributed by atoms with Gasteiger partial charge < -0.3 is 9.47 Å². The molecule has 0 bridgehead atoms.